The molecule has 6 heteroatoms. The lowest BCUT2D eigenvalue weighted by molar-refractivity contribution is -0.140. The fourth-order valence-electron chi connectivity index (χ4n) is 3.95. The Bertz CT molecular complexity index is 1180. The van der Waals surface area contributed by atoms with Crippen molar-refractivity contribution >= 4 is 17.4 Å². The Kier molecular flexibility index (Phi) is 6.27. The molecule has 1 aliphatic heterocycles. The quantitative estimate of drug-likeness (QED) is 0.337. The van der Waals surface area contributed by atoms with Gasteiger partial charge in [-0.1, -0.05) is 48.0 Å². The second kappa shape index (κ2) is 9.28. The van der Waals surface area contributed by atoms with Gasteiger partial charge in [-0.2, -0.15) is 0 Å². The number of hydrogen-bond acceptors (Lipinski definition) is 5. The summed E-state index contributed by atoms with van der Waals surface area (Å²) in [5.41, 5.74) is 3.10. The summed E-state index contributed by atoms with van der Waals surface area (Å²) in [6.07, 6.45) is 3.34. The van der Waals surface area contributed by atoms with Crippen molar-refractivity contribution in [3.63, 3.8) is 0 Å². The number of pyridine rings is 1. The molecular formula is C27H26N2O4. The molecule has 0 radical (unpaired) electrons. The Morgan fingerprint density at radius 3 is 2.36 bits per heavy atom. The molecule has 3 aromatic rings. The summed E-state index contributed by atoms with van der Waals surface area (Å²) in [5, 5.41) is 11.1. The van der Waals surface area contributed by atoms with Crippen LogP contribution in [0.5, 0.6) is 5.75 Å². The summed E-state index contributed by atoms with van der Waals surface area (Å²) in [6, 6.07) is 17.4. The Morgan fingerprint density at radius 2 is 1.76 bits per heavy atom. The maximum absolute atomic E-state index is 13.1. The molecule has 1 atom stereocenters. The molecule has 0 spiro atoms. The van der Waals surface area contributed by atoms with Gasteiger partial charge in [-0.05, 0) is 50.1 Å². The van der Waals surface area contributed by atoms with Gasteiger partial charge in [-0.25, -0.2) is 0 Å². The number of likely N-dealkylation sites (tertiary alicyclic amines) is 1. The van der Waals surface area contributed by atoms with Crippen molar-refractivity contribution in [2.75, 3.05) is 0 Å². The zero-order valence-corrected chi connectivity index (χ0v) is 18.9. The van der Waals surface area contributed by atoms with Crippen LogP contribution in [0, 0.1) is 6.92 Å². The van der Waals surface area contributed by atoms with Crippen molar-refractivity contribution in [3.05, 3.63) is 101 Å². The van der Waals surface area contributed by atoms with Gasteiger partial charge in [0.25, 0.3) is 11.7 Å². The first-order chi connectivity index (χ1) is 15.8. The van der Waals surface area contributed by atoms with Crippen LogP contribution in [0.2, 0.25) is 0 Å². The molecule has 1 amide bonds. The Hall–Kier alpha value is -3.93. The smallest absolute Gasteiger partial charge is 0.295 e. The Labute approximate surface area is 193 Å². The van der Waals surface area contributed by atoms with Gasteiger partial charge in [0.15, 0.2) is 0 Å². The second-order valence-corrected chi connectivity index (χ2v) is 8.39. The number of aromatic nitrogens is 1. The van der Waals surface area contributed by atoms with Crippen molar-refractivity contribution in [1.82, 2.24) is 9.88 Å². The average Bonchev–Trinajstić information content (AvgIpc) is 3.05. The third-order valence-corrected chi connectivity index (χ3v) is 5.51. The van der Waals surface area contributed by atoms with Crippen molar-refractivity contribution in [1.29, 1.82) is 0 Å². The second-order valence-electron chi connectivity index (χ2n) is 8.39. The molecule has 1 fully saturated rings. The van der Waals surface area contributed by atoms with Gasteiger partial charge in [0.2, 0.25) is 0 Å². The number of hydrogen-bond donors (Lipinski definition) is 1. The van der Waals surface area contributed by atoms with Gasteiger partial charge in [0.05, 0.1) is 17.7 Å². The van der Waals surface area contributed by atoms with E-state index in [9.17, 15) is 14.7 Å². The van der Waals surface area contributed by atoms with Crippen molar-refractivity contribution in [3.8, 4) is 5.75 Å². The third-order valence-electron chi connectivity index (χ3n) is 5.51. The summed E-state index contributed by atoms with van der Waals surface area (Å²) in [6.45, 7) is 6.02. The highest BCUT2D eigenvalue weighted by Crippen LogP contribution is 2.40. The van der Waals surface area contributed by atoms with Crippen LogP contribution in [0.25, 0.3) is 5.76 Å². The number of aliphatic hydroxyl groups is 1. The normalized spacial score (nSPS) is 17.6. The van der Waals surface area contributed by atoms with E-state index in [-0.39, 0.29) is 24.0 Å². The van der Waals surface area contributed by atoms with Crippen LogP contribution in [-0.4, -0.2) is 32.8 Å². The summed E-state index contributed by atoms with van der Waals surface area (Å²) < 4.78 is 5.73. The monoisotopic (exact) mass is 442 g/mol. The maximum Gasteiger partial charge on any atom is 0.295 e. The van der Waals surface area contributed by atoms with E-state index in [2.05, 4.69) is 4.98 Å². The predicted octanol–water partition coefficient (Wildman–Crippen LogP) is 4.80. The fraction of sp³-hybridized carbons (Fsp3) is 0.222. The zero-order chi connectivity index (χ0) is 23.5. The molecule has 0 saturated carbocycles. The first kappa shape index (κ1) is 22.3. The number of Topliss-reactive ketones (excluding diaryl/α,β-unsaturated/α-hetero) is 1. The van der Waals surface area contributed by atoms with Crippen LogP contribution in [0.15, 0.2) is 78.6 Å². The first-order valence-electron chi connectivity index (χ1n) is 10.9. The van der Waals surface area contributed by atoms with Gasteiger partial charge in [0, 0.05) is 24.5 Å². The molecule has 0 bridgehead atoms. The minimum absolute atomic E-state index is 0.0219. The number of ketones is 1. The van der Waals surface area contributed by atoms with Crippen molar-refractivity contribution in [2.45, 2.75) is 39.5 Å². The van der Waals surface area contributed by atoms with E-state index in [1.807, 2.05) is 63.2 Å². The number of carbonyl (C=O) groups is 2. The number of carbonyl (C=O) groups excluding carboxylic acids is 2. The number of ether oxygens (including phenoxy) is 1. The molecule has 0 unspecified atom stereocenters. The van der Waals surface area contributed by atoms with Gasteiger partial charge in [-0.15, -0.1) is 0 Å². The molecule has 6 nitrogen and oxygen atoms in total. The van der Waals surface area contributed by atoms with E-state index >= 15 is 0 Å². The van der Waals surface area contributed by atoms with Gasteiger partial charge >= 0.3 is 0 Å². The number of nitrogens with zero attached hydrogens (tertiary/aromatic N) is 2. The van der Waals surface area contributed by atoms with Crippen LogP contribution in [-0.2, 0) is 16.1 Å². The lowest BCUT2D eigenvalue weighted by Gasteiger charge is -2.25. The van der Waals surface area contributed by atoms with Crippen LogP contribution >= 0.6 is 0 Å². The SMILES string of the molecule is Cc1ccc(C(O)=C2C(=O)C(=O)N(Cc3cccnc3)[C@@H]2c2ccc(OC(C)C)cc2)cc1. The van der Waals surface area contributed by atoms with Gasteiger partial charge in [0.1, 0.15) is 11.5 Å². The average molecular weight is 443 g/mol. The van der Waals surface area contributed by atoms with Gasteiger partial charge < -0.3 is 14.7 Å². The highest BCUT2D eigenvalue weighted by Gasteiger charge is 2.46. The number of amides is 1. The fourth-order valence-corrected chi connectivity index (χ4v) is 3.95. The largest absolute Gasteiger partial charge is 0.507 e. The molecular weight excluding hydrogens is 416 g/mol. The lowest BCUT2D eigenvalue weighted by Crippen LogP contribution is -2.29. The molecule has 4 rings (SSSR count). The Morgan fingerprint density at radius 1 is 1.06 bits per heavy atom. The number of aryl methyl sites for hydroxylation is 1. The van der Waals surface area contributed by atoms with Gasteiger partial charge in [-0.3, -0.25) is 14.6 Å². The summed E-state index contributed by atoms with van der Waals surface area (Å²) in [4.78, 5) is 31.8. The highest BCUT2D eigenvalue weighted by atomic mass is 16.5. The number of aliphatic hydroxyl groups excluding tert-OH is 1. The maximum atomic E-state index is 13.1. The molecule has 33 heavy (non-hydrogen) atoms. The van der Waals surface area contributed by atoms with Crippen LogP contribution < -0.4 is 4.74 Å². The molecule has 168 valence electrons. The van der Waals surface area contributed by atoms with E-state index in [1.54, 1.807) is 30.6 Å². The number of benzene rings is 2. The summed E-state index contributed by atoms with van der Waals surface area (Å²) in [5.74, 6) is -0.851. The number of rotatable bonds is 6. The summed E-state index contributed by atoms with van der Waals surface area (Å²) in [7, 11) is 0. The van der Waals surface area contributed by atoms with E-state index in [1.165, 1.54) is 4.90 Å². The summed E-state index contributed by atoms with van der Waals surface area (Å²) >= 11 is 0. The molecule has 1 saturated heterocycles. The molecule has 1 N–H and O–H groups in total. The Balaban J connectivity index is 1.81. The van der Waals surface area contributed by atoms with Crippen LogP contribution in [0.4, 0.5) is 0 Å². The third kappa shape index (κ3) is 4.65. The van der Waals surface area contributed by atoms with Crippen molar-refractivity contribution < 1.29 is 19.4 Å². The van der Waals surface area contributed by atoms with E-state index in [0.717, 1.165) is 11.1 Å². The first-order valence-corrected chi connectivity index (χ1v) is 10.9. The lowest BCUT2D eigenvalue weighted by atomic mass is 9.95. The standard InChI is InChI=1S/C27H26N2O4/c1-17(2)33-22-12-10-20(11-13-22)24-23(25(30)21-8-6-18(3)7-9-21)26(31)27(32)29(24)16-19-5-4-14-28-15-19/h4-15,17,24,30H,16H2,1-3H3/t24-/m1/s1. The minimum Gasteiger partial charge on any atom is -0.507 e. The van der Waals surface area contributed by atoms with Crippen molar-refractivity contribution in [2.24, 2.45) is 0 Å². The van der Waals surface area contributed by atoms with E-state index < -0.39 is 17.7 Å². The molecule has 1 aliphatic rings. The molecule has 1 aromatic heterocycles. The molecule has 0 aliphatic carbocycles. The highest BCUT2D eigenvalue weighted by molar-refractivity contribution is 6.46. The van der Waals surface area contributed by atoms with Crippen LogP contribution in [0.1, 0.15) is 42.1 Å². The van der Waals surface area contributed by atoms with Crippen LogP contribution in [0.3, 0.4) is 0 Å². The molecule has 2 aromatic carbocycles. The molecule has 2 heterocycles. The van der Waals surface area contributed by atoms with E-state index in [4.69, 9.17) is 4.74 Å². The topological polar surface area (TPSA) is 79.7 Å². The van der Waals surface area contributed by atoms with E-state index in [0.29, 0.717) is 16.9 Å². The minimum atomic E-state index is -0.736. The zero-order valence-electron chi connectivity index (χ0n) is 18.9. The predicted molar refractivity (Wildman–Crippen MR) is 125 cm³/mol.